The summed E-state index contributed by atoms with van der Waals surface area (Å²) in [5.41, 5.74) is 8.61. The van der Waals surface area contributed by atoms with Gasteiger partial charge in [-0.1, -0.05) is 98.8 Å². The molecule has 3 heteroatoms. The number of hydrogen-bond donors (Lipinski definition) is 0. The number of benzene rings is 5. The lowest BCUT2D eigenvalue weighted by atomic mass is 9.82. The summed E-state index contributed by atoms with van der Waals surface area (Å²) in [6.45, 7) is 4.50. The minimum absolute atomic E-state index is 0.142. The summed E-state index contributed by atoms with van der Waals surface area (Å²) >= 11 is 0. The summed E-state index contributed by atoms with van der Waals surface area (Å²) in [5.74, 6) is -0.777. The molecule has 37 heavy (non-hydrogen) atoms. The van der Waals surface area contributed by atoms with E-state index in [2.05, 4.69) is 56.3 Å². The summed E-state index contributed by atoms with van der Waals surface area (Å²) in [6, 6.07) is 34.6. The molecular weight excluding hydrogens is 460 g/mol. The van der Waals surface area contributed by atoms with Crippen LogP contribution in [0, 0.1) is 11.6 Å². The molecule has 0 spiro atoms. The van der Waals surface area contributed by atoms with E-state index in [9.17, 15) is 4.39 Å². The van der Waals surface area contributed by atoms with E-state index in [1.807, 2.05) is 42.5 Å². The van der Waals surface area contributed by atoms with Gasteiger partial charge in [0.25, 0.3) is 0 Å². The van der Waals surface area contributed by atoms with Crippen LogP contribution in [0.25, 0.3) is 33.4 Å². The average molecular weight is 488 g/mol. The highest BCUT2D eigenvalue weighted by molar-refractivity contribution is 5.94. The fraction of sp³-hybridized carbons (Fsp3) is 0.118. The molecule has 1 aliphatic rings. The molecule has 0 bridgehead atoms. The Balaban J connectivity index is 1.64. The van der Waals surface area contributed by atoms with E-state index in [0.29, 0.717) is 16.9 Å². The zero-order valence-corrected chi connectivity index (χ0v) is 21.1. The van der Waals surface area contributed by atoms with E-state index in [-0.39, 0.29) is 11.2 Å². The molecule has 5 aromatic rings. The van der Waals surface area contributed by atoms with Crippen molar-refractivity contribution in [2.75, 3.05) is 11.9 Å². The van der Waals surface area contributed by atoms with Crippen LogP contribution in [0.15, 0.2) is 109 Å². The summed E-state index contributed by atoms with van der Waals surface area (Å²) in [7, 11) is 1.71. The van der Waals surface area contributed by atoms with Gasteiger partial charge in [-0.3, -0.25) is 0 Å². The lowest BCUT2D eigenvalue weighted by molar-refractivity contribution is 0.619. The van der Waals surface area contributed by atoms with E-state index in [4.69, 9.17) is 0 Å². The van der Waals surface area contributed by atoms with Crippen LogP contribution in [-0.4, -0.2) is 7.05 Å². The molecule has 1 nitrogen and oxygen atoms in total. The molecule has 0 aliphatic heterocycles. The normalized spacial score (nSPS) is 13.2. The lowest BCUT2D eigenvalue weighted by Gasteiger charge is -2.24. The van der Waals surface area contributed by atoms with E-state index >= 15 is 4.39 Å². The molecule has 0 amide bonds. The van der Waals surface area contributed by atoms with Gasteiger partial charge in [0.1, 0.15) is 5.82 Å². The molecule has 0 saturated heterocycles. The molecule has 5 aromatic carbocycles. The molecule has 0 heterocycles. The number of para-hydroxylation sites is 1. The van der Waals surface area contributed by atoms with E-state index in [0.717, 1.165) is 16.7 Å². The second-order valence-corrected chi connectivity index (χ2v) is 10.1. The molecule has 0 atom stereocenters. The molecule has 182 valence electrons. The molecule has 0 unspecified atom stereocenters. The van der Waals surface area contributed by atoms with Crippen molar-refractivity contribution in [3.05, 3.63) is 132 Å². The molecule has 0 saturated carbocycles. The molecule has 6 rings (SSSR count). The number of rotatable bonds is 4. The predicted octanol–water partition coefficient (Wildman–Crippen LogP) is 9.37. The molecule has 0 aromatic heterocycles. The number of hydrogen-bond acceptors (Lipinski definition) is 1. The molecule has 0 N–H and O–H groups in total. The van der Waals surface area contributed by atoms with Crippen LogP contribution < -0.4 is 4.90 Å². The summed E-state index contributed by atoms with van der Waals surface area (Å²) < 4.78 is 31.0. The standard InChI is InChI=1S/C34H27F2N/c1-34(2)27-16-8-7-14-25(27)32-24(15-11-17-28(32)34)23-20-26(22-12-5-4-6-13-22)33(36)31(21-23)37(3)30-19-10-9-18-29(30)35/h4-21H,1-3H3. The molecule has 1 aliphatic carbocycles. The summed E-state index contributed by atoms with van der Waals surface area (Å²) in [5, 5.41) is 0. The van der Waals surface area contributed by atoms with Gasteiger partial charge in [-0.15, -0.1) is 0 Å². The van der Waals surface area contributed by atoms with E-state index < -0.39 is 5.82 Å². The Morgan fingerprint density at radius 3 is 2.00 bits per heavy atom. The molecule has 0 fully saturated rings. The van der Waals surface area contributed by atoms with E-state index in [1.54, 1.807) is 30.1 Å². The Morgan fingerprint density at radius 2 is 1.22 bits per heavy atom. The van der Waals surface area contributed by atoms with Gasteiger partial charge in [-0.2, -0.15) is 0 Å². The van der Waals surface area contributed by atoms with Crippen LogP contribution in [0.2, 0.25) is 0 Å². The quantitative estimate of drug-likeness (QED) is 0.244. The summed E-state index contributed by atoms with van der Waals surface area (Å²) in [6.07, 6.45) is 0. The van der Waals surface area contributed by atoms with E-state index in [1.165, 1.54) is 28.3 Å². The maximum absolute atomic E-state index is 16.2. The third-order valence-corrected chi connectivity index (χ3v) is 7.63. The maximum atomic E-state index is 16.2. The first-order chi connectivity index (χ1) is 17.9. The smallest absolute Gasteiger partial charge is 0.154 e. The van der Waals surface area contributed by atoms with Crippen molar-refractivity contribution in [1.82, 2.24) is 0 Å². The Bertz CT molecular complexity index is 1640. The van der Waals surface area contributed by atoms with Gasteiger partial charge >= 0.3 is 0 Å². The highest BCUT2D eigenvalue weighted by atomic mass is 19.1. The van der Waals surface area contributed by atoms with Crippen molar-refractivity contribution >= 4 is 11.4 Å². The summed E-state index contributed by atoms with van der Waals surface area (Å²) in [4.78, 5) is 1.60. The van der Waals surface area contributed by atoms with Crippen LogP contribution in [0.5, 0.6) is 0 Å². The fourth-order valence-corrected chi connectivity index (χ4v) is 5.69. The second kappa shape index (κ2) is 8.70. The van der Waals surface area contributed by atoms with Crippen LogP contribution in [0.1, 0.15) is 25.0 Å². The van der Waals surface area contributed by atoms with Crippen molar-refractivity contribution in [2.24, 2.45) is 0 Å². The highest BCUT2D eigenvalue weighted by Gasteiger charge is 2.36. The first kappa shape index (κ1) is 23.2. The lowest BCUT2D eigenvalue weighted by Crippen LogP contribution is -2.15. The third-order valence-electron chi connectivity index (χ3n) is 7.63. The van der Waals surface area contributed by atoms with Gasteiger partial charge < -0.3 is 4.90 Å². The zero-order valence-electron chi connectivity index (χ0n) is 21.1. The maximum Gasteiger partial charge on any atom is 0.154 e. The predicted molar refractivity (Wildman–Crippen MR) is 149 cm³/mol. The zero-order chi connectivity index (χ0) is 25.7. The monoisotopic (exact) mass is 487 g/mol. The van der Waals surface area contributed by atoms with Crippen LogP contribution in [0.4, 0.5) is 20.2 Å². The van der Waals surface area contributed by atoms with Gasteiger partial charge in [0.2, 0.25) is 0 Å². The van der Waals surface area contributed by atoms with Crippen molar-refractivity contribution in [1.29, 1.82) is 0 Å². The van der Waals surface area contributed by atoms with Crippen molar-refractivity contribution < 1.29 is 8.78 Å². The first-order valence-electron chi connectivity index (χ1n) is 12.5. The van der Waals surface area contributed by atoms with Crippen molar-refractivity contribution in [3.8, 4) is 33.4 Å². The number of fused-ring (bicyclic) bond motifs is 3. The van der Waals surface area contributed by atoms with Gasteiger partial charge in [0, 0.05) is 18.0 Å². The minimum atomic E-state index is -0.396. The number of nitrogens with zero attached hydrogens (tertiary/aromatic N) is 1. The van der Waals surface area contributed by atoms with Crippen molar-refractivity contribution in [3.63, 3.8) is 0 Å². The van der Waals surface area contributed by atoms with Crippen molar-refractivity contribution in [2.45, 2.75) is 19.3 Å². The van der Waals surface area contributed by atoms with Crippen LogP contribution >= 0.6 is 0 Å². The Hall–Kier alpha value is -4.24. The first-order valence-corrected chi connectivity index (χ1v) is 12.5. The average Bonchev–Trinajstić information content (AvgIpc) is 3.16. The Kier molecular flexibility index (Phi) is 5.45. The molecule has 0 radical (unpaired) electrons. The van der Waals surface area contributed by atoms with Gasteiger partial charge in [0.15, 0.2) is 5.82 Å². The second-order valence-electron chi connectivity index (χ2n) is 10.1. The SMILES string of the molecule is CN(c1ccccc1F)c1cc(-c2cccc3c2-c2ccccc2C3(C)C)cc(-c2ccccc2)c1F. The van der Waals surface area contributed by atoms with Crippen LogP contribution in [0.3, 0.4) is 0 Å². The van der Waals surface area contributed by atoms with Crippen LogP contribution in [-0.2, 0) is 5.41 Å². The van der Waals surface area contributed by atoms with Gasteiger partial charge in [-0.05, 0) is 63.2 Å². The highest BCUT2D eigenvalue weighted by Crippen LogP contribution is 2.52. The minimum Gasteiger partial charge on any atom is -0.340 e. The Morgan fingerprint density at radius 1 is 0.568 bits per heavy atom. The molecular formula is C34H27F2N. The fourth-order valence-electron chi connectivity index (χ4n) is 5.69. The number of anilines is 2. The topological polar surface area (TPSA) is 3.24 Å². The largest absolute Gasteiger partial charge is 0.340 e. The third kappa shape index (κ3) is 3.65. The van der Waals surface area contributed by atoms with Gasteiger partial charge in [-0.25, -0.2) is 8.78 Å². The number of halogens is 2. The van der Waals surface area contributed by atoms with Gasteiger partial charge in [0.05, 0.1) is 11.4 Å². The Labute approximate surface area is 216 Å².